The molecule has 0 saturated heterocycles. The van der Waals surface area contributed by atoms with Crippen LogP contribution < -0.4 is 5.43 Å². The molecule has 118 valence electrons. The van der Waals surface area contributed by atoms with Crippen LogP contribution in [0.5, 0.6) is 0 Å². The summed E-state index contributed by atoms with van der Waals surface area (Å²) in [4.78, 5) is 22.3. The molecule has 0 fully saturated rings. The number of hydrazone groups is 1. The molecule has 2 aromatic rings. The molecule has 6 nitrogen and oxygen atoms in total. The Morgan fingerprint density at radius 2 is 2.00 bits per heavy atom. The van der Waals surface area contributed by atoms with Crippen LogP contribution in [0.25, 0.3) is 0 Å². The van der Waals surface area contributed by atoms with E-state index in [4.69, 9.17) is 0 Å². The second-order valence-electron chi connectivity index (χ2n) is 4.70. The van der Waals surface area contributed by atoms with Crippen LogP contribution in [0.1, 0.15) is 28.4 Å². The Kier molecular flexibility index (Phi) is 5.14. The van der Waals surface area contributed by atoms with Crippen molar-refractivity contribution in [2.45, 2.75) is 13.3 Å². The fraction of sp³-hybridized carbons (Fsp3) is 0.125. The van der Waals surface area contributed by atoms with Crippen LogP contribution in [0.4, 0.5) is 10.1 Å². The standard InChI is InChI=1S/C16H14FN3O3/c1-2-12-4-3-11(9-15(12)20(22)23)10-18-19-16(21)13-5-7-14(17)8-6-13/h3-10H,2H2,1H3,(H,19,21)/b18-10-. The minimum atomic E-state index is -0.499. The predicted molar refractivity (Wildman–Crippen MR) is 83.9 cm³/mol. The molecular weight excluding hydrogens is 301 g/mol. The lowest BCUT2D eigenvalue weighted by Gasteiger charge is -2.01. The summed E-state index contributed by atoms with van der Waals surface area (Å²) >= 11 is 0. The summed E-state index contributed by atoms with van der Waals surface area (Å²) in [5.74, 6) is -0.936. The monoisotopic (exact) mass is 315 g/mol. The maximum atomic E-state index is 12.8. The average Bonchev–Trinajstić information content (AvgIpc) is 2.55. The van der Waals surface area contributed by atoms with Crippen molar-refractivity contribution in [3.05, 3.63) is 75.1 Å². The SMILES string of the molecule is CCc1ccc(/C=N\NC(=O)c2ccc(F)cc2)cc1[N+](=O)[O-]. The molecule has 0 radical (unpaired) electrons. The van der Waals surface area contributed by atoms with Crippen molar-refractivity contribution in [3.63, 3.8) is 0 Å². The maximum Gasteiger partial charge on any atom is 0.273 e. The van der Waals surface area contributed by atoms with E-state index in [0.29, 0.717) is 17.5 Å². The smallest absolute Gasteiger partial charge is 0.267 e. The first-order chi connectivity index (χ1) is 11.0. The van der Waals surface area contributed by atoms with Crippen molar-refractivity contribution in [2.75, 3.05) is 0 Å². The van der Waals surface area contributed by atoms with Gasteiger partial charge >= 0.3 is 0 Å². The van der Waals surface area contributed by atoms with E-state index in [-0.39, 0.29) is 11.3 Å². The molecule has 0 unspecified atom stereocenters. The number of nitrogens with one attached hydrogen (secondary N) is 1. The van der Waals surface area contributed by atoms with Crippen molar-refractivity contribution in [2.24, 2.45) is 5.10 Å². The van der Waals surface area contributed by atoms with Gasteiger partial charge in [-0.1, -0.05) is 19.1 Å². The number of nitro benzene ring substituents is 1. The summed E-state index contributed by atoms with van der Waals surface area (Å²) in [6.07, 6.45) is 1.86. The van der Waals surface area contributed by atoms with Crippen LogP contribution in [0, 0.1) is 15.9 Å². The molecule has 0 saturated carbocycles. The van der Waals surface area contributed by atoms with E-state index in [1.54, 1.807) is 12.1 Å². The lowest BCUT2D eigenvalue weighted by atomic mass is 10.1. The van der Waals surface area contributed by atoms with Gasteiger partial charge in [0.1, 0.15) is 5.82 Å². The fourth-order valence-electron chi connectivity index (χ4n) is 1.96. The average molecular weight is 315 g/mol. The molecule has 0 heterocycles. The zero-order chi connectivity index (χ0) is 16.8. The van der Waals surface area contributed by atoms with Crippen LogP contribution in [0.3, 0.4) is 0 Å². The third-order valence-electron chi connectivity index (χ3n) is 3.17. The molecule has 2 aromatic carbocycles. The second kappa shape index (κ2) is 7.26. The number of carbonyl (C=O) groups excluding carboxylic acids is 1. The molecule has 2 rings (SSSR count). The number of nitrogens with zero attached hydrogens (tertiary/aromatic N) is 2. The van der Waals surface area contributed by atoms with Gasteiger partial charge in [-0.3, -0.25) is 14.9 Å². The van der Waals surface area contributed by atoms with E-state index >= 15 is 0 Å². The molecule has 0 aromatic heterocycles. The van der Waals surface area contributed by atoms with E-state index in [0.717, 1.165) is 0 Å². The molecule has 0 spiro atoms. The summed E-state index contributed by atoms with van der Waals surface area (Å²) in [5.41, 5.74) is 3.68. The Morgan fingerprint density at radius 3 is 2.61 bits per heavy atom. The van der Waals surface area contributed by atoms with Crippen LogP contribution in [0.15, 0.2) is 47.6 Å². The summed E-state index contributed by atoms with van der Waals surface area (Å²) in [6.45, 7) is 1.83. The molecule has 0 bridgehead atoms. The third-order valence-corrected chi connectivity index (χ3v) is 3.17. The Hall–Kier alpha value is -3.09. The number of nitro groups is 1. The number of carbonyl (C=O) groups is 1. The van der Waals surface area contributed by atoms with Gasteiger partial charge in [-0.25, -0.2) is 9.82 Å². The van der Waals surface area contributed by atoms with Crippen molar-refractivity contribution in [1.82, 2.24) is 5.43 Å². The zero-order valence-corrected chi connectivity index (χ0v) is 12.3. The molecule has 1 amide bonds. The number of rotatable bonds is 5. The van der Waals surface area contributed by atoms with Gasteiger partial charge in [-0.2, -0.15) is 5.10 Å². The van der Waals surface area contributed by atoms with Crippen molar-refractivity contribution >= 4 is 17.8 Å². The van der Waals surface area contributed by atoms with Gasteiger partial charge in [-0.05, 0) is 30.7 Å². The largest absolute Gasteiger partial charge is 0.273 e. The van der Waals surface area contributed by atoms with Gasteiger partial charge in [0.05, 0.1) is 11.1 Å². The first-order valence-electron chi connectivity index (χ1n) is 6.87. The molecular formula is C16H14FN3O3. The predicted octanol–water partition coefficient (Wildman–Crippen LogP) is 3.06. The van der Waals surface area contributed by atoms with Gasteiger partial charge in [0, 0.05) is 22.8 Å². The molecule has 7 heteroatoms. The molecule has 23 heavy (non-hydrogen) atoms. The van der Waals surface area contributed by atoms with Crippen molar-refractivity contribution in [3.8, 4) is 0 Å². The maximum absolute atomic E-state index is 12.8. The highest BCUT2D eigenvalue weighted by Gasteiger charge is 2.12. The van der Waals surface area contributed by atoms with Gasteiger partial charge in [0.2, 0.25) is 0 Å². The summed E-state index contributed by atoms with van der Waals surface area (Å²) in [7, 11) is 0. The Morgan fingerprint density at radius 1 is 1.30 bits per heavy atom. The van der Waals surface area contributed by atoms with Gasteiger partial charge in [0.25, 0.3) is 11.6 Å². The molecule has 0 aliphatic carbocycles. The minimum Gasteiger partial charge on any atom is -0.267 e. The normalized spacial score (nSPS) is 10.7. The number of aryl methyl sites for hydroxylation is 1. The number of benzene rings is 2. The van der Waals surface area contributed by atoms with Gasteiger partial charge < -0.3 is 0 Å². The highest BCUT2D eigenvalue weighted by atomic mass is 19.1. The van der Waals surface area contributed by atoms with E-state index in [1.165, 1.54) is 36.5 Å². The number of halogens is 1. The zero-order valence-electron chi connectivity index (χ0n) is 12.3. The van der Waals surface area contributed by atoms with E-state index in [1.807, 2.05) is 6.92 Å². The summed E-state index contributed by atoms with van der Waals surface area (Å²) in [5, 5.41) is 14.7. The highest BCUT2D eigenvalue weighted by molar-refractivity contribution is 5.94. The molecule has 0 aliphatic rings. The first-order valence-corrected chi connectivity index (χ1v) is 6.87. The summed E-state index contributed by atoms with van der Waals surface area (Å²) in [6, 6.07) is 9.74. The van der Waals surface area contributed by atoms with Crippen LogP contribution in [-0.4, -0.2) is 17.0 Å². The first kappa shape index (κ1) is 16.3. The minimum absolute atomic E-state index is 0.0151. The lowest BCUT2D eigenvalue weighted by molar-refractivity contribution is -0.385. The van der Waals surface area contributed by atoms with Crippen molar-refractivity contribution < 1.29 is 14.1 Å². The Balaban J connectivity index is 2.08. The number of amides is 1. The van der Waals surface area contributed by atoms with Gasteiger partial charge in [0.15, 0.2) is 0 Å². The van der Waals surface area contributed by atoms with E-state index in [2.05, 4.69) is 10.5 Å². The topological polar surface area (TPSA) is 84.6 Å². The quantitative estimate of drug-likeness (QED) is 0.523. The number of hydrogen-bond acceptors (Lipinski definition) is 4. The second-order valence-corrected chi connectivity index (χ2v) is 4.70. The van der Waals surface area contributed by atoms with Crippen molar-refractivity contribution in [1.29, 1.82) is 0 Å². The van der Waals surface area contributed by atoms with Crippen LogP contribution in [-0.2, 0) is 6.42 Å². The Labute approximate surface area is 131 Å². The highest BCUT2D eigenvalue weighted by Crippen LogP contribution is 2.20. The fourth-order valence-corrected chi connectivity index (χ4v) is 1.96. The molecule has 0 atom stereocenters. The van der Waals surface area contributed by atoms with E-state index < -0.39 is 16.6 Å². The van der Waals surface area contributed by atoms with Crippen LogP contribution >= 0.6 is 0 Å². The van der Waals surface area contributed by atoms with E-state index in [9.17, 15) is 19.3 Å². The third kappa shape index (κ3) is 4.19. The molecule has 0 aliphatic heterocycles. The molecule has 1 N–H and O–H groups in total. The lowest BCUT2D eigenvalue weighted by Crippen LogP contribution is -2.17. The van der Waals surface area contributed by atoms with Gasteiger partial charge in [-0.15, -0.1) is 0 Å². The summed E-state index contributed by atoms with van der Waals surface area (Å²) < 4.78 is 12.8. The van der Waals surface area contributed by atoms with Crippen LogP contribution in [0.2, 0.25) is 0 Å². The Bertz CT molecular complexity index is 758. The number of hydrogen-bond donors (Lipinski definition) is 1.